The summed E-state index contributed by atoms with van der Waals surface area (Å²) >= 11 is 0. The van der Waals surface area contributed by atoms with Gasteiger partial charge in [0.25, 0.3) is 0 Å². The monoisotopic (exact) mass is 244 g/mol. The molecule has 0 spiro atoms. The van der Waals surface area contributed by atoms with Crippen molar-refractivity contribution in [3.63, 3.8) is 0 Å². The van der Waals surface area contributed by atoms with Gasteiger partial charge in [-0.15, -0.1) is 0 Å². The Hall–Kier alpha value is -1.87. The number of hydrogen-bond donors (Lipinski definition) is 2. The maximum atomic E-state index is 13.6. The van der Waals surface area contributed by atoms with Gasteiger partial charge in [-0.25, -0.2) is 4.39 Å². The average Bonchev–Trinajstić information content (AvgIpc) is 2.40. The highest BCUT2D eigenvalue weighted by atomic mass is 19.1. The minimum Gasteiger partial charge on any atom is -0.355 e. The van der Waals surface area contributed by atoms with Crippen molar-refractivity contribution in [1.82, 2.24) is 0 Å². The molecule has 94 valence electrons. The van der Waals surface area contributed by atoms with E-state index in [0.29, 0.717) is 5.56 Å². The van der Waals surface area contributed by atoms with Gasteiger partial charge in [0.2, 0.25) is 0 Å². The first-order valence-electron chi connectivity index (χ1n) is 6.08. The molecule has 0 saturated heterocycles. The van der Waals surface area contributed by atoms with Crippen LogP contribution in [0.3, 0.4) is 0 Å². The van der Waals surface area contributed by atoms with Gasteiger partial charge in [-0.3, -0.25) is 0 Å². The van der Waals surface area contributed by atoms with E-state index in [-0.39, 0.29) is 12.4 Å². The molecule has 0 amide bonds. The first kappa shape index (κ1) is 12.6. The molecule has 0 aliphatic rings. The van der Waals surface area contributed by atoms with Crippen LogP contribution in [0.2, 0.25) is 0 Å². The van der Waals surface area contributed by atoms with Crippen molar-refractivity contribution in [2.24, 2.45) is 5.73 Å². The van der Waals surface area contributed by atoms with Crippen LogP contribution in [0.1, 0.15) is 18.1 Å². The highest BCUT2D eigenvalue weighted by Crippen LogP contribution is 2.25. The molecule has 0 bridgehead atoms. The number of nitrogens with two attached hydrogens (primary N) is 1. The third-order valence-corrected chi connectivity index (χ3v) is 2.99. The number of para-hydroxylation sites is 1. The SMILES string of the molecule is CCc1ccccc1Nc1cccc(F)c1CN. The molecule has 0 fully saturated rings. The van der Waals surface area contributed by atoms with Crippen LogP contribution in [0, 0.1) is 5.82 Å². The number of rotatable bonds is 4. The summed E-state index contributed by atoms with van der Waals surface area (Å²) in [6, 6.07) is 13.0. The molecular formula is C15H17FN2. The summed E-state index contributed by atoms with van der Waals surface area (Å²) in [6.45, 7) is 2.28. The van der Waals surface area contributed by atoms with Crippen molar-refractivity contribution in [3.8, 4) is 0 Å². The Balaban J connectivity index is 2.37. The highest BCUT2D eigenvalue weighted by Gasteiger charge is 2.08. The zero-order valence-corrected chi connectivity index (χ0v) is 10.4. The molecule has 0 atom stereocenters. The summed E-state index contributed by atoms with van der Waals surface area (Å²) < 4.78 is 13.6. The third kappa shape index (κ3) is 2.51. The lowest BCUT2D eigenvalue weighted by Gasteiger charge is -2.14. The molecule has 2 rings (SSSR count). The summed E-state index contributed by atoms with van der Waals surface area (Å²) in [5, 5.41) is 3.26. The third-order valence-electron chi connectivity index (χ3n) is 2.99. The summed E-state index contributed by atoms with van der Waals surface area (Å²) in [7, 11) is 0. The van der Waals surface area contributed by atoms with E-state index in [1.54, 1.807) is 6.07 Å². The van der Waals surface area contributed by atoms with E-state index in [4.69, 9.17) is 5.73 Å². The Morgan fingerprint density at radius 3 is 2.50 bits per heavy atom. The lowest BCUT2D eigenvalue weighted by Crippen LogP contribution is -2.05. The zero-order chi connectivity index (χ0) is 13.0. The number of aryl methyl sites for hydroxylation is 1. The number of nitrogens with one attached hydrogen (secondary N) is 1. The van der Waals surface area contributed by atoms with Gasteiger partial charge in [0.1, 0.15) is 5.82 Å². The van der Waals surface area contributed by atoms with Gasteiger partial charge in [-0.1, -0.05) is 31.2 Å². The van der Waals surface area contributed by atoms with Gasteiger partial charge < -0.3 is 11.1 Å². The number of halogens is 1. The van der Waals surface area contributed by atoms with Crippen molar-refractivity contribution < 1.29 is 4.39 Å². The van der Waals surface area contributed by atoms with Crippen LogP contribution in [-0.4, -0.2) is 0 Å². The van der Waals surface area contributed by atoms with Crippen molar-refractivity contribution in [3.05, 3.63) is 59.4 Å². The van der Waals surface area contributed by atoms with Crippen molar-refractivity contribution in [1.29, 1.82) is 0 Å². The normalized spacial score (nSPS) is 10.4. The number of benzene rings is 2. The van der Waals surface area contributed by atoms with E-state index in [1.165, 1.54) is 11.6 Å². The van der Waals surface area contributed by atoms with Crippen LogP contribution >= 0.6 is 0 Å². The van der Waals surface area contributed by atoms with Crippen molar-refractivity contribution in [2.75, 3.05) is 5.32 Å². The summed E-state index contributed by atoms with van der Waals surface area (Å²) in [4.78, 5) is 0. The molecule has 0 aliphatic heterocycles. The van der Waals surface area contributed by atoms with E-state index in [1.807, 2.05) is 24.3 Å². The topological polar surface area (TPSA) is 38.0 Å². The molecule has 2 aromatic rings. The van der Waals surface area contributed by atoms with Crippen LogP contribution in [0.5, 0.6) is 0 Å². The number of anilines is 2. The lowest BCUT2D eigenvalue weighted by atomic mass is 10.1. The van der Waals surface area contributed by atoms with E-state index in [0.717, 1.165) is 17.8 Å². The Morgan fingerprint density at radius 2 is 1.78 bits per heavy atom. The molecule has 0 aliphatic carbocycles. The maximum Gasteiger partial charge on any atom is 0.129 e. The van der Waals surface area contributed by atoms with Gasteiger partial charge in [0.05, 0.1) is 0 Å². The first-order chi connectivity index (χ1) is 8.76. The van der Waals surface area contributed by atoms with Crippen LogP contribution in [0.25, 0.3) is 0 Å². The summed E-state index contributed by atoms with van der Waals surface area (Å²) in [6.07, 6.45) is 0.927. The fourth-order valence-corrected chi connectivity index (χ4v) is 1.98. The molecule has 18 heavy (non-hydrogen) atoms. The van der Waals surface area contributed by atoms with Crippen molar-refractivity contribution in [2.45, 2.75) is 19.9 Å². The minimum absolute atomic E-state index is 0.184. The molecule has 3 heteroatoms. The van der Waals surface area contributed by atoms with Gasteiger partial charge >= 0.3 is 0 Å². The molecule has 0 radical (unpaired) electrons. The molecule has 2 aromatic carbocycles. The minimum atomic E-state index is -0.267. The van der Waals surface area contributed by atoms with E-state index in [2.05, 4.69) is 18.3 Å². The van der Waals surface area contributed by atoms with Crippen molar-refractivity contribution >= 4 is 11.4 Å². The van der Waals surface area contributed by atoms with Crippen LogP contribution in [0.4, 0.5) is 15.8 Å². The molecule has 0 unspecified atom stereocenters. The smallest absolute Gasteiger partial charge is 0.129 e. The molecule has 3 N–H and O–H groups in total. The second kappa shape index (κ2) is 5.65. The van der Waals surface area contributed by atoms with E-state index >= 15 is 0 Å². The molecule has 0 heterocycles. The van der Waals surface area contributed by atoms with Gasteiger partial charge in [-0.05, 0) is 30.2 Å². The van der Waals surface area contributed by atoms with Gasteiger partial charge in [-0.2, -0.15) is 0 Å². The number of hydrogen-bond acceptors (Lipinski definition) is 2. The van der Waals surface area contributed by atoms with Crippen LogP contribution < -0.4 is 11.1 Å². The van der Waals surface area contributed by atoms with Gasteiger partial charge in [0, 0.05) is 23.5 Å². The standard InChI is InChI=1S/C15H17FN2/c1-2-11-6-3-4-8-14(11)18-15-9-5-7-13(16)12(15)10-17/h3-9,18H,2,10,17H2,1H3. The second-order valence-electron chi connectivity index (χ2n) is 4.11. The fraction of sp³-hybridized carbons (Fsp3) is 0.200. The van der Waals surface area contributed by atoms with Crippen LogP contribution in [0.15, 0.2) is 42.5 Å². The Bertz CT molecular complexity index is 538. The molecule has 0 saturated carbocycles. The van der Waals surface area contributed by atoms with E-state index < -0.39 is 0 Å². The Labute approximate surface area is 107 Å². The lowest BCUT2D eigenvalue weighted by molar-refractivity contribution is 0.611. The Morgan fingerprint density at radius 1 is 1.06 bits per heavy atom. The van der Waals surface area contributed by atoms with E-state index in [9.17, 15) is 4.39 Å². The average molecular weight is 244 g/mol. The quantitative estimate of drug-likeness (QED) is 0.862. The largest absolute Gasteiger partial charge is 0.355 e. The maximum absolute atomic E-state index is 13.6. The summed E-state index contributed by atoms with van der Waals surface area (Å²) in [5.41, 5.74) is 9.05. The molecule has 2 nitrogen and oxygen atoms in total. The fourth-order valence-electron chi connectivity index (χ4n) is 1.98. The predicted octanol–water partition coefficient (Wildman–Crippen LogP) is 3.59. The second-order valence-corrected chi connectivity index (χ2v) is 4.11. The van der Waals surface area contributed by atoms with Gasteiger partial charge in [0.15, 0.2) is 0 Å². The molecular weight excluding hydrogens is 227 g/mol. The predicted molar refractivity (Wildman–Crippen MR) is 73.4 cm³/mol. The molecule has 0 aromatic heterocycles. The Kier molecular flexibility index (Phi) is 3.95. The van der Waals surface area contributed by atoms with Crippen LogP contribution in [-0.2, 0) is 13.0 Å². The first-order valence-corrected chi connectivity index (χ1v) is 6.08. The summed E-state index contributed by atoms with van der Waals surface area (Å²) in [5.74, 6) is -0.267. The highest BCUT2D eigenvalue weighted by molar-refractivity contribution is 5.66. The zero-order valence-electron chi connectivity index (χ0n) is 10.4.